The first-order valence-corrected chi connectivity index (χ1v) is 2.70. The van der Waals surface area contributed by atoms with Crippen molar-refractivity contribution in [2.45, 2.75) is 0 Å². The van der Waals surface area contributed by atoms with Crippen LogP contribution in [-0.4, -0.2) is 26.7 Å². The molecule has 1 N–H and O–H groups in total. The second-order valence-corrected chi connectivity index (χ2v) is 2.02. The minimum Gasteiger partial charge on any atom is -0.665 e. The Kier molecular flexibility index (Phi) is 1.65. The molecule has 2 nitrogen and oxygen atoms in total. The van der Waals surface area contributed by atoms with Gasteiger partial charge in [0.2, 0.25) is 0 Å². The SMILES string of the molecule is C[N-]CC1CNC1. The van der Waals surface area contributed by atoms with Gasteiger partial charge in [0, 0.05) is 0 Å². The molecule has 0 atom stereocenters. The topological polar surface area (TPSA) is 26.1 Å². The summed E-state index contributed by atoms with van der Waals surface area (Å²) in [5.41, 5.74) is 0. The fourth-order valence-corrected chi connectivity index (χ4v) is 0.736. The first-order chi connectivity index (χ1) is 3.43. The maximum absolute atomic E-state index is 4.02. The van der Waals surface area contributed by atoms with E-state index in [0.29, 0.717) is 0 Å². The zero-order valence-corrected chi connectivity index (χ0v) is 4.65. The third-order valence-electron chi connectivity index (χ3n) is 1.31. The van der Waals surface area contributed by atoms with E-state index in [-0.39, 0.29) is 0 Å². The van der Waals surface area contributed by atoms with Crippen LogP contribution >= 0.6 is 0 Å². The molecule has 42 valence electrons. The van der Waals surface area contributed by atoms with Crippen molar-refractivity contribution in [2.75, 3.05) is 26.7 Å². The van der Waals surface area contributed by atoms with E-state index in [2.05, 4.69) is 10.6 Å². The van der Waals surface area contributed by atoms with Gasteiger partial charge in [-0.25, -0.2) is 0 Å². The van der Waals surface area contributed by atoms with E-state index in [1.54, 1.807) is 0 Å². The van der Waals surface area contributed by atoms with Gasteiger partial charge < -0.3 is 10.6 Å². The van der Waals surface area contributed by atoms with Gasteiger partial charge in [-0.3, -0.25) is 0 Å². The Hall–Kier alpha value is -0.0800. The Balaban J connectivity index is 1.93. The van der Waals surface area contributed by atoms with Crippen molar-refractivity contribution in [1.82, 2.24) is 5.32 Å². The maximum atomic E-state index is 4.02. The highest BCUT2D eigenvalue weighted by Crippen LogP contribution is 2.03. The van der Waals surface area contributed by atoms with Crippen LogP contribution in [0.25, 0.3) is 5.32 Å². The molecule has 1 rings (SSSR count). The van der Waals surface area contributed by atoms with Crippen LogP contribution in [0, 0.1) is 5.92 Å². The van der Waals surface area contributed by atoms with Gasteiger partial charge in [0.05, 0.1) is 0 Å². The quantitative estimate of drug-likeness (QED) is 0.526. The molecular formula is C5H11N2-. The van der Waals surface area contributed by atoms with Gasteiger partial charge in [-0.05, 0) is 19.0 Å². The van der Waals surface area contributed by atoms with Crippen molar-refractivity contribution >= 4 is 0 Å². The molecule has 1 fully saturated rings. The molecule has 1 heterocycles. The van der Waals surface area contributed by atoms with Gasteiger partial charge in [0.25, 0.3) is 0 Å². The largest absolute Gasteiger partial charge is 0.665 e. The van der Waals surface area contributed by atoms with Crippen LogP contribution in [0.4, 0.5) is 0 Å². The van der Waals surface area contributed by atoms with Crippen molar-refractivity contribution < 1.29 is 0 Å². The minimum atomic E-state index is 0.852. The molecule has 7 heavy (non-hydrogen) atoms. The molecule has 0 unspecified atom stereocenters. The Morgan fingerprint density at radius 3 is 2.57 bits per heavy atom. The molecule has 0 aromatic carbocycles. The summed E-state index contributed by atoms with van der Waals surface area (Å²) in [7, 11) is 1.87. The summed E-state index contributed by atoms with van der Waals surface area (Å²) < 4.78 is 0. The molecule has 1 aliphatic heterocycles. The Morgan fingerprint density at radius 1 is 1.71 bits per heavy atom. The van der Waals surface area contributed by atoms with E-state index >= 15 is 0 Å². The molecule has 0 radical (unpaired) electrons. The number of nitrogens with zero attached hydrogens (tertiary/aromatic N) is 1. The molecule has 0 amide bonds. The van der Waals surface area contributed by atoms with E-state index in [0.717, 1.165) is 12.5 Å². The minimum absolute atomic E-state index is 0.852. The van der Waals surface area contributed by atoms with Crippen LogP contribution in [0.5, 0.6) is 0 Å². The molecule has 0 bridgehead atoms. The highest BCUT2D eigenvalue weighted by atomic mass is 15.0. The van der Waals surface area contributed by atoms with Gasteiger partial charge >= 0.3 is 0 Å². The van der Waals surface area contributed by atoms with Gasteiger partial charge in [-0.1, -0.05) is 0 Å². The van der Waals surface area contributed by atoms with E-state index in [9.17, 15) is 0 Å². The maximum Gasteiger partial charge on any atom is -0.00248 e. The first-order valence-electron chi connectivity index (χ1n) is 2.70. The van der Waals surface area contributed by atoms with E-state index in [1.807, 2.05) is 7.05 Å². The van der Waals surface area contributed by atoms with Gasteiger partial charge in [-0.2, -0.15) is 7.05 Å². The average Bonchev–Trinajstić information content (AvgIpc) is 1.55. The summed E-state index contributed by atoms with van der Waals surface area (Å²) in [5.74, 6) is 0.852. The third-order valence-corrected chi connectivity index (χ3v) is 1.31. The zero-order chi connectivity index (χ0) is 5.11. The summed E-state index contributed by atoms with van der Waals surface area (Å²) >= 11 is 0. The van der Waals surface area contributed by atoms with E-state index in [4.69, 9.17) is 0 Å². The smallest absolute Gasteiger partial charge is 0.00248 e. The van der Waals surface area contributed by atoms with Crippen LogP contribution in [0.3, 0.4) is 0 Å². The molecule has 0 saturated carbocycles. The van der Waals surface area contributed by atoms with Crippen LogP contribution < -0.4 is 5.32 Å². The number of hydrogen-bond donors (Lipinski definition) is 1. The molecule has 1 aliphatic rings. The predicted octanol–water partition coefficient (Wildman–Crippen LogP) is 0.209. The lowest BCUT2D eigenvalue weighted by Crippen LogP contribution is -2.43. The number of rotatable bonds is 2. The Morgan fingerprint density at radius 2 is 2.43 bits per heavy atom. The van der Waals surface area contributed by atoms with Crippen LogP contribution in [0.15, 0.2) is 0 Å². The number of nitrogens with one attached hydrogen (secondary N) is 1. The average molecular weight is 99.2 g/mol. The molecule has 1 saturated heterocycles. The van der Waals surface area contributed by atoms with E-state index in [1.165, 1.54) is 13.1 Å². The van der Waals surface area contributed by atoms with Gasteiger partial charge in [0.1, 0.15) is 0 Å². The lowest BCUT2D eigenvalue weighted by Gasteiger charge is -2.31. The zero-order valence-electron chi connectivity index (χ0n) is 4.65. The van der Waals surface area contributed by atoms with Crippen LogP contribution in [0.2, 0.25) is 0 Å². The van der Waals surface area contributed by atoms with Crippen LogP contribution in [0.1, 0.15) is 0 Å². The normalized spacial score (nSPS) is 21.9. The summed E-state index contributed by atoms with van der Waals surface area (Å²) in [6.07, 6.45) is 0. The summed E-state index contributed by atoms with van der Waals surface area (Å²) in [6, 6.07) is 0. The first kappa shape index (κ1) is 5.06. The molecule has 0 aromatic rings. The van der Waals surface area contributed by atoms with Crippen molar-refractivity contribution in [3.63, 3.8) is 0 Å². The number of hydrogen-bond acceptors (Lipinski definition) is 1. The summed E-state index contributed by atoms with van der Waals surface area (Å²) in [5, 5.41) is 7.20. The molecule has 0 aromatic heterocycles. The van der Waals surface area contributed by atoms with Crippen molar-refractivity contribution in [3.8, 4) is 0 Å². The highest BCUT2D eigenvalue weighted by Gasteiger charge is 2.10. The highest BCUT2D eigenvalue weighted by molar-refractivity contribution is 4.85. The fourth-order valence-electron chi connectivity index (χ4n) is 0.736. The summed E-state index contributed by atoms with van der Waals surface area (Å²) in [6.45, 7) is 3.40. The Bertz CT molecular complexity index is 50.0. The van der Waals surface area contributed by atoms with Gasteiger partial charge in [-0.15, -0.1) is 6.54 Å². The Labute approximate surface area is 44.3 Å². The second-order valence-electron chi connectivity index (χ2n) is 2.02. The monoisotopic (exact) mass is 99.1 g/mol. The van der Waals surface area contributed by atoms with E-state index < -0.39 is 0 Å². The fraction of sp³-hybridized carbons (Fsp3) is 1.00. The predicted molar refractivity (Wildman–Crippen MR) is 30.5 cm³/mol. The van der Waals surface area contributed by atoms with Crippen molar-refractivity contribution in [3.05, 3.63) is 5.32 Å². The van der Waals surface area contributed by atoms with Crippen molar-refractivity contribution in [1.29, 1.82) is 0 Å². The lowest BCUT2D eigenvalue weighted by molar-refractivity contribution is 0.368. The third kappa shape index (κ3) is 1.14. The lowest BCUT2D eigenvalue weighted by atomic mass is 10.0. The molecular weight excluding hydrogens is 88.1 g/mol. The van der Waals surface area contributed by atoms with Crippen molar-refractivity contribution in [2.24, 2.45) is 5.92 Å². The van der Waals surface area contributed by atoms with Gasteiger partial charge in [0.15, 0.2) is 0 Å². The summed E-state index contributed by atoms with van der Waals surface area (Å²) in [4.78, 5) is 0. The molecule has 2 heteroatoms. The second kappa shape index (κ2) is 2.28. The standard InChI is InChI=1S/C5H11N2/c1-6-2-5-3-7-4-5/h5,7H,2-4H2,1H3/q-1. The molecule has 0 spiro atoms. The van der Waals surface area contributed by atoms with Crippen LogP contribution in [-0.2, 0) is 0 Å². The molecule has 0 aliphatic carbocycles.